The summed E-state index contributed by atoms with van der Waals surface area (Å²) in [6.45, 7) is 2.20. The van der Waals surface area contributed by atoms with Crippen LogP contribution in [0.4, 0.5) is 5.69 Å². The van der Waals surface area contributed by atoms with Crippen molar-refractivity contribution in [2.45, 2.75) is 18.2 Å². The summed E-state index contributed by atoms with van der Waals surface area (Å²) in [5, 5.41) is 3.96. The molecule has 8 nitrogen and oxygen atoms in total. The molecule has 0 fully saturated rings. The normalized spacial score (nSPS) is 11.2. The number of rotatable bonds is 11. The summed E-state index contributed by atoms with van der Waals surface area (Å²) in [6, 6.07) is 21.7. The van der Waals surface area contributed by atoms with Crippen LogP contribution < -0.4 is 19.2 Å². The second kappa shape index (κ2) is 11.9. The SMILES string of the molecule is CCCOc1ccc(/C=N\NC(=O)CN(c2cccc(OC)c2)S(=O)(=O)c2ccccc2)cc1. The Balaban J connectivity index is 1.75. The first-order valence-electron chi connectivity index (χ1n) is 10.7. The van der Waals surface area contributed by atoms with Crippen LogP contribution in [0.3, 0.4) is 0 Å². The van der Waals surface area contributed by atoms with Gasteiger partial charge in [0.05, 0.1) is 30.5 Å². The first kappa shape index (κ1) is 24.8. The molecular weight excluding hydrogens is 454 g/mol. The molecule has 34 heavy (non-hydrogen) atoms. The Kier molecular flexibility index (Phi) is 8.64. The molecule has 0 aromatic heterocycles. The van der Waals surface area contributed by atoms with Crippen molar-refractivity contribution in [1.82, 2.24) is 5.43 Å². The molecule has 0 radical (unpaired) electrons. The lowest BCUT2D eigenvalue weighted by molar-refractivity contribution is -0.119. The molecular formula is C25H27N3O5S. The summed E-state index contributed by atoms with van der Waals surface area (Å²) < 4.78 is 38.4. The largest absolute Gasteiger partial charge is 0.497 e. The minimum atomic E-state index is -4.01. The Morgan fingerprint density at radius 2 is 1.74 bits per heavy atom. The number of anilines is 1. The quantitative estimate of drug-likeness (QED) is 0.332. The molecule has 0 heterocycles. The Hall–Kier alpha value is -3.85. The van der Waals surface area contributed by atoms with Gasteiger partial charge >= 0.3 is 0 Å². The van der Waals surface area contributed by atoms with Gasteiger partial charge in [-0.25, -0.2) is 13.8 Å². The number of benzene rings is 3. The third-order valence-corrected chi connectivity index (χ3v) is 6.50. The number of carbonyl (C=O) groups is 1. The van der Waals surface area contributed by atoms with Crippen molar-refractivity contribution in [1.29, 1.82) is 0 Å². The Bertz CT molecular complexity index is 1210. The van der Waals surface area contributed by atoms with Crippen LogP contribution in [0.1, 0.15) is 18.9 Å². The van der Waals surface area contributed by atoms with Gasteiger partial charge in [-0.05, 0) is 60.5 Å². The van der Waals surface area contributed by atoms with Gasteiger partial charge in [-0.1, -0.05) is 31.2 Å². The van der Waals surface area contributed by atoms with Crippen molar-refractivity contribution >= 4 is 27.8 Å². The molecule has 3 rings (SSSR count). The van der Waals surface area contributed by atoms with E-state index in [2.05, 4.69) is 10.5 Å². The number of sulfonamides is 1. The Labute approximate surface area is 199 Å². The van der Waals surface area contributed by atoms with Gasteiger partial charge in [0.1, 0.15) is 18.0 Å². The van der Waals surface area contributed by atoms with Crippen LogP contribution in [0.15, 0.2) is 88.9 Å². The van der Waals surface area contributed by atoms with Crippen LogP contribution in [0.5, 0.6) is 11.5 Å². The average Bonchev–Trinajstić information content (AvgIpc) is 2.87. The number of ether oxygens (including phenoxy) is 2. The third kappa shape index (κ3) is 6.58. The van der Waals surface area contributed by atoms with Crippen LogP contribution in [0.25, 0.3) is 0 Å². The monoisotopic (exact) mass is 481 g/mol. The lowest BCUT2D eigenvalue weighted by atomic mass is 10.2. The Morgan fingerprint density at radius 3 is 2.41 bits per heavy atom. The van der Waals surface area contributed by atoms with E-state index in [-0.39, 0.29) is 4.90 Å². The van der Waals surface area contributed by atoms with Gasteiger partial charge in [-0.2, -0.15) is 5.10 Å². The molecule has 1 amide bonds. The highest BCUT2D eigenvalue weighted by Crippen LogP contribution is 2.26. The van der Waals surface area contributed by atoms with E-state index in [1.54, 1.807) is 42.5 Å². The fraction of sp³-hybridized carbons (Fsp3) is 0.200. The minimum absolute atomic E-state index is 0.0690. The minimum Gasteiger partial charge on any atom is -0.497 e. The molecule has 0 spiro atoms. The molecule has 0 saturated heterocycles. The van der Waals surface area contributed by atoms with Gasteiger partial charge in [0.15, 0.2) is 0 Å². The summed E-state index contributed by atoms with van der Waals surface area (Å²) in [4.78, 5) is 12.7. The molecule has 0 bridgehead atoms. The summed E-state index contributed by atoms with van der Waals surface area (Å²) in [6.07, 6.45) is 2.39. The molecule has 3 aromatic carbocycles. The van der Waals surface area contributed by atoms with Gasteiger partial charge in [0, 0.05) is 6.07 Å². The highest BCUT2D eigenvalue weighted by Gasteiger charge is 2.27. The first-order valence-corrected chi connectivity index (χ1v) is 12.1. The zero-order chi connectivity index (χ0) is 24.4. The number of amides is 1. The molecule has 0 aliphatic rings. The van der Waals surface area contributed by atoms with E-state index in [1.165, 1.54) is 25.5 Å². The lowest BCUT2D eigenvalue weighted by Gasteiger charge is -2.24. The van der Waals surface area contributed by atoms with Crippen LogP contribution in [-0.2, 0) is 14.8 Å². The maximum Gasteiger partial charge on any atom is 0.264 e. The summed E-state index contributed by atoms with van der Waals surface area (Å²) in [5.74, 6) is 0.625. The van der Waals surface area contributed by atoms with Crippen LogP contribution in [0.2, 0.25) is 0 Å². The molecule has 0 saturated carbocycles. The molecule has 0 aliphatic carbocycles. The summed E-state index contributed by atoms with van der Waals surface area (Å²) >= 11 is 0. The molecule has 1 N–H and O–H groups in total. The number of nitrogens with one attached hydrogen (secondary N) is 1. The average molecular weight is 482 g/mol. The van der Waals surface area contributed by atoms with Gasteiger partial charge in [-0.3, -0.25) is 9.10 Å². The Morgan fingerprint density at radius 1 is 1.00 bits per heavy atom. The van der Waals surface area contributed by atoms with E-state index in [4.69, 9.17) is 9.47 Å². The molecule has 178 valence electrons. The van der Waals surface area contributed by atoms with Crippen molar-refractivity contribution in [3.05, 3.63) is 84.4 Å². The zero-order valence-electron chi connectivity index (χ0n) is 19.0. The van der Waals surface area contributed by atoms with Crippen LogP contribution in [0, 0.1) is 0 Å². The van der Waals surface area contributed by atoms with Crippen LogP contribution >= 0.6 is 0 Å². The second-order valence-corrected chi connectivity index (χ2v) is 9.10. The first-order chi connectivity index (χ1) is 16.4. The number of hydrogen-bond acceptors (Lipinski definition) is 6. The van der Waals surface area contributed by atoms with Crippen molar-refractivity contribution < 1.29 is 22.7 Å². The van der Waals surface area contributed by atoms with Gasteiger partial charge in [-0.15, -0.1) is 0 Å². The van der Waals surface area contributed by atoms with E-state index in [9.17, 15) is 13.2 Å². The molecule has 3 aromatic rings. The van der Waals surface area contributed by atoms with Gasteiger partial charge in [0.25, 0.3) is 15.9 Å². The van der Waals surface area contributed by atoms with E-state index >= 15 is 0 Å². The van der Waals surface area contributed by atoms with Crippen LogP contribution in [-0.4, -0.2) is 40.8 Å². The van der Waals surface area contributed by atoms with E-state index in [0.717, 1.165) is 22.0 Å². The predicted octanol–water partition coefficient (Wildman–Crippen LogP) is 3.83. The zero-order valence-corrected chi connectivity index (χ0v) is 19.9. The molecule has 0 aliphatic heterocycles. The topological polar surface area (TPSA) is 97.3 Å². The van der Waals surface area contributed by atoms with E-state index in [1.807, 2.05) is 31.2 Å². The summed E-state index contributed by atoms with van der Waals surface area (Å²) in [5.41, 5.74) is 3.45. The fourth-order valence-corrected chi connectivity index (χ4v) is 4.45. The number of hydrogen-bond donors (Lipinski definition) is 1. The molecule has 0 atom stereocenters. The number of methoxy groups -OCH3 is 1. The van der Waals surface area contributed by atoms with Crippen molar-refractivity contribution in [3.8, 4) is 11.5 Å². The van der Waals surface area contributed by atoms with E-state index < -0.39 is 22.5 Å². The van der Waals surface area contributed by atoms with Crippen molar-refractivity contribution in [2.75, 3.05) is 24.6 Å². The fourth-order valence-electron chi connectivity index (χ4n) is 3.01. The number of nitrogens with zero attached hydrogens (tertiary/aromatic N) is 2. The summed E-state index contributed by atoms with van der Waals surface area (Å²) in [7, 11) is -2.53. The molecule has 9 heteroatoms. The highest BCUT2D eigenvalue weighted by atomic mass is 32.2. The predicted molar refractivity (Wildman–Crippen MR) is 132 cm³/mol. The standard InChI is InChI=1S/C25H27N3O5S/c1-3-16-33-22-14-12-20(13-15-22)18-26-27-25(29)19-28(21-8-7-9-23(17-21)32-2)34(30,31)24-10-5-4-6-11-24/h4-15,17-18H,3,16,19H2,1-2H3,(H,27,29)/b26-18-. The maximum absolute atomic E-state index is 13.3. The maximum atomic E-state index is 13.3. The second-order valence-electron chi connectivity index (χ2n) is 7.24. The van der Waals surface area contributed by atoms with Crippen molar-refractivity contribution in [3.63, 3.8) is 0 Å². The highest BCUT2D eigenvalue weighted by molar-refractivity contribution is 7.92. The lowest BCUT2D eigenvalue weighted by Crippen LogP contribution is -2.39. The smallest absolute Gasteiger partial charge is 0.264 e. The number of carbonyl (C=O) groups excluding carboxylic acids is 1. The number of hydrazone groups is 1. The van der Waals surface area contributed by atoms with Gasteiger partial charge < -0.3 is 9.47 Å². The van der Waals surface area contributed by atoms with Gasteiger partial charge in [0.2, 0.25) is 0 Å². The molecule has 0 unspecified atom stereocenters. The van der Waals surface area contributed by atoms with Crippen molar-refractivity contribution in [2.24, 2.45) is 5.10 Å². The third-order valence-electron chi connectivity index (χ3n) is 4.72. The van der Waals surface area contributed by atoms with E-state index in [0.29, 0.717) is 18.0 Å².